The molecule has 5 nitrogen and oxygen atoms in total. The third-order valence-corrected chi connectivity index (χ3v) is 3.64. The molecule has 2 heterocycles. The number of fused-ring (bicyclic) bond motifs is 1. The van der Waals surface area contributed by atoms with E-state index in [-0.39, 0.29) is 11.9 Å². The number of nitrogens with one attached hydrogen (secondary N) is 1. The van der Waals surface area contributed by atoms with Crippen LogP contribution >= 0.6 is 0 Å². The van der Waals surface area contributed by atoms with Crippen molar-refractivity contribution >= 4 is 22.5 Å². The molecule has 1 aliphatic heterocycles. The average Bonchev–Trinajstić information content (AvgIpc) is 2.79. The van der Waals surface area contributed by atoms with Gasteiger partial charge >= 0.3 is 0 Å². The Morgan fingerprint density at radius 2 is 2.25 bits per heavy atom. The molecule has 3 rings (SSSR count). The molecule has 0 radical (unpaired) electrons. The SMILES string of the molecule is CN1CCC(Nc2c(C#N)cnc3ccccc23)C1=O. The van der Waals surface area contributed by atoms with Gasteiger partial charge in [-0.25, -0.2) is 0 Å². The van der Waals surface area contributed by atoms with Crippen molar-refractivity contribution < 1.29 is 4.79 Å². The lowest BCUT2D eigenvalue weighted by atomic mass is 10.1. The second-order valence-corrected chi connectivity index (χ2v) is 4.92. The highest BCUT2D eigenvalue weighted by Crippen LogP contribution is 2.27. The number of pyridine rings is 1. The highest BCUT2D eigenvalue weighted by Gasteiger charge is 2.29. The average molecular weight is 266 g/mol. The molecule has 100 valence electrons. The number of likely N-dealkylation sites (tertiary alicyclic amines) is 1. The van der Waals surface area contributed by atoms with Crippen molar-refractivity contribution in [2.24, 2.45) is 0 Å². The van der Waals surface area contributed by atoms with Crippen LogP contribution in [0.1, 0.15) is 12.0 Å². The van der Waals surface area contributed by atoms with E-state index >= 15 is 0 Å². The van der Waals surface area contributed by atoms with Crippen molar-refractivity contribution in [3.05, 3.63) is 36.0 Å². The molecule has 0 bridgehead atoms. The molecule has 1 aliphatic rings. The summed E-state index contributed by atoms with van der Waals surface area (Å²) in [5.41, 5.74) is 1.98. The lowest BCUT2D eigenvalue weighted by Crippen LogP contribution is -2.31. The van der Waals surface area contributed by atoms with Crippen molar-refractivity contribution in [2.75, 3.05) is 18.9 Å². The predicted octanol–water partition coefficient (Wildman–Crippen LogP) is 1.75. The summed E-state index contributed by atoms with van der Waals surface area (Å²) < 4.78 is 0. The summed E-state index contributed by atoms with van der Waals surface area (Å²) in [7, 11) is 1.79. The highest BCUT2D eigenvalue weighted by molar-refractivity contribution is 5.96. The van der Waals surface area contributed by atoms with E-state index in [1.807, 2.05) is 24.3 Å². The van der Waals surface area contributed by atoms with E-state index in [0.29, 0.717) is 11.3 Å². The number of anilines is 1. The van der Waals surface area contributed by atoms with E-state index in [0.717, 1.165) is 23.9 Å². The van der Waals surface area contributed by atoms with Gasteiger partial charge in [0, 0.05) is 25.2 Å². The number of nitriles is 1. The van der Waals surface area contributed by atoms with Crippen molar-refractivity contribution in [1.29, 1.82) is 5.26 Å². The molecule has 1 N–H and O–H groups in total. The summed E-state index contributed by atoms with van der Waals surface area (Å²) in [6.45, 7) is 0.738. The van der Waals surface area contributed by atoms with Gasteiger partial charge in [0.25, 0.3) is 0 Å². The number of carbonyl (C=O) groups excluding carboxylic acids is 1. The maximum absolute atomic E-state index is 12.0. The maximum atomic E-state index is 12.0. The van der Waals surface area contributed by atoms with Gasteiger partial charge in [-0.3, -0.25) is 9.78 Å². The first kappa shape index (κ1) is 12.4. The Bertz CT molecular complexity index is 719. The minimum atomic E-state index is -0.266. The van der Waals surface area contributed by atoms with Crippen LogP contribution in [0.4, 0.5) is 5.69 Å². The van der Waals surface area contributed by atoms with Gasteiger partial charge in [-0.1, -0.05) is 18.2 Å². The topological polar surface area (TPSA) is 69.0 Å². The van der Waals surface area contributed by atoms with Gasteiger partial charge < -0.3 is 10.2 Å². The maximum Gasteiger partial charge on any atom is 0.244 e. The summed E-state index contributed by atoms with van der Waals surface area (Å²) >= 11 is 0. The molecule has 0 saturated carbocycles. The number of likely N-dealkylation sites (N-methyl/N-ethyl adjacent to an activating group) is 1. The minimum Gasteiger partial charge on any atom is -0.372 e. The van der Waals surface area contributed by atoms with E-state index in [1.165, 1.54) is 0 Å². The number of rotatable bonds is 2. The monoisotopic (exact) mass is 266 g/mol. The van der Waals surface area contributed by atoms with E-state index in [4.69, 9.17) is 0 Å². The number of carbonyl (C=O) groups is 1. The zero-order valence-electron chi connectivity index (χ0n) is 11.1. The second kappa shape index (κ2) is 4.82. The molecule has 1 saturated heterocycles. The van der Waals surface area contributed by atoms with Gasteiger partial charge in [0.2, 0.25) is 5.91 Å². The van der Waals surface area contributed by atoms with Crippen LogP contribution in [0.3, 0.4) is 0 Å². The normalized spacial score (nSPS) is 18.3. The molecule has 1 unspecified atom stereocenters. The van der Waals surface area contributed by atoms with Gasteiger partial charge in [0.05, 0.1) is 16.8 Å². The predicted molar refractivity (Wildman–Crippen MR) is 76.1 cm³/mol. The fourth-order valence-electron chi connectivity index (χ4n) is 2.51. The summed E-state index contributed by atoms with van der Waals surface area (Å²) in [4.78, 5) is 18.0. The van der Waals surface area contributed by atoms with Crippen LogP contribution in [0.15, 0.2) is 30.5 Å². The van der Waals surface area contributed by atoms with E-state index < -0.39 is 0 Å². The first-order chi connectivity index (χ1) is 9.70. The number of nitrogens with zero attached hydrogens (tertiary/aromatic N) is 3. The summed E-state index contributed by atoms with van der Waals surface area (Å²) in [5.74, 6) is 0.0646. The zero-order valence-corrected chi connectivity index (χ0v) is 11.1. The highest BCUT2D eigenvalue weighted by atomic mass is 16.2. The molecule has 5 heteroatoms. The number of hydrogen-bond donors (Lipinski definition) is 1. The van der Waals surface area contributed by atoms with Crippen molar-refractivity contribution in [1.82, 2.24) is 9.88 Å². The van der Waals surface area contributed by atoms with Crippen molar-refractivity contribution in [3.63, 3.8) is 0 Å². The van der Waals surface area contributed by atoms with Gasteiger partial charge in [0.15, 0.2) is 0 Å². The molecule has 1 aromatic carbocycles. The van der Waals surface area contributed by atoms with Crippen molar-refractivity contribution in [3.8, 4) is 6.07 Å². The fraction of sp³-hybridized carbons (Fsp3) is 0.267. The number of amides is 1. The van der Waals surface area contributed by atoms with Gasteiger partial charge in [-0.05, 0) is 12.5 Å². The Balaban J connectivity index is 2.06. The Hall–Kier alpha value is -2.61. The molecule has 1 aromatic heterocycles. The van der Waals surface area contributed by atoms with Crippen LogP contribution in [0.25, 0.3) is 10.9 Å². The number of aromatic nitrogens is 1. The number of benzene rings is 1. The van der Waals surface area contributed by atoms with Gasteiger partial charge in [-0.2, -0.15) is 5.26 Å². The molecule has 1 atom stereocenters. The van der Waals surface area contributed by atoms with Crippen LogP contribution in [0.2, 0.25) is 0 Å². The first-order valence-corrected chi connectivity index (χ1v) is 6.50. The first-order valence-electron chi connectivity index (χ1n) is 6.50. The Morgan fingerprint density at radius 1 is 1.45 bits per heavy atom. The van der Waals surface area contributed by atoms with Crippen LogP contribution in [-0.2, 0) is 4.79 Å². The van der Waals surface area contributed by atoms with Crippen LogP contribution < -0.4 is 5.32 Å². The van der Waals surface area contributed by atoms with Crippen molar-refractivity contribution in [2.45, 2.75) is 12.5 Å². The van der Waals surface area contributed by atoms with Gasteiger partial charge in [-0.15, -0.1) is 0 Å². The molecular weight excluding hydrogens is 252 g/mol. The van der Waals surface area contributed by atoms with Crippen LogP contribution in [-0.4, -0.2) is 35.4 Å². The lowest BCUT2D eigenvalue weighted by molar-refractivity contribution is -0.127. The molecule has 1 fully saturated rings. The van der Waals surface area contributed by atoms with Gasteiger partial charge in [0.1, 0.15) is 12.1 Å². The molecule has 2 aromatic rings. The Morgan fingerprint density at radius 3 is 2.95 bits per heavy atom. The largest absolute Gasteiger partial charge is 0.372 e. The third kappa shape index (κ3) is 1.95. The molecule has 0 aliphatic carbocycles. The molecular formula is C15H14N4O. The third-order valence-electron chi connectivity index (χ3n) is 3.64. The van der Waals surface area contributed by atoms with Crippen LogP contribution in [0.5, 0.6) is 0 Å². The minimum absolute atomic E-state index is 0.0646. The summed E-state index contributed by atoms with van der Waals surface area (Å²) in [5, 5.41) is 13.3. The number of hydrogen-bond acceptors (Lipinski definition) is 4. The van der Waals surface area contributed by atoms with E-state index in [9.17, 15) is 10.1 Å². The quantitative estimate of drug-likeness (QED) is 0.899. The Kier molecular flexibility index (Phi) is 2.99. The smallest absolute Gasteiger partial charge is 0.244 e. The zero-order chi connectivity index (χ0) is 14.1. The second-order valence-electron chi connectivity index (χ2n) is 4.92. The molecule has 0 spiro atoms. The van der Waals surface area contributed by atoms with Crippen LogP contribution in [0, 0.1) is 11.3 Å². The van der Waals surface area contributed by atoms with E-state index in [1.54, 1.807) is 18.1 Å². The lowest BCUT2D eigenvalue weighted by Gasteiger charge is -2.16. The molecule has 1 amide bonds. The fourth-order valence-corrected chi connectivity index (χ4v) is 2.51. The standard InChI is InChI=1S/C15H14N4O/c1-19-7-6-13(15(19)20)18-14-10(8-16)9-17-12-5-3-2-4-11(12)14/h2-5,9,13H,6-7H2,1H3,(H,17,18). The van der Waals surface area contributed by atoms with E-state index in [2.05, 4.69) is 16.4 Å². The Labute approximate surface area is 116 Å². The summed E-state index contributed by atoms with van der Waals surface area (Å²) in [6.07, 6.45) is 2.30. The summed E-state index contributed by atoms with van der Waals surface area (Å²) in [6, 6.07) is 9.48. The number of para-hydroxylation sites is 1. The molecule has 20 heavy (non-hydrogen) atoms.